The number of fused-ring (bicyclic) bond motifs is 1. The van der Waals surface area contributed by atoms with Crippen molar-refractivity contribution in [2.24, 2.45) is 0 Å². The highest BCUT2D eigenvalue weighted by atomic mass is 16.5. The maximum absolute atomic E-state index is 9.80. The summed E-state index contributed by atoms with van der Waals surface area (Å²) in [5, 5.41) is 9.80. The molecular formula is C18H24N4O2. The van der Waals surface area contributed by atoms with Gasteiger partial charge in [0.2, 0.25) is 0 Å². The van der Waals surface area contributed by atoms with E-state index in [2.05, 4.69) is 4.98 Å². The van der Waals surface area contributed by atoms with E-state index in [1.807, 2.05) is 25.1 Å². The van der Waals surface area contributed by atoms with E-state index in [0.29, 0.717) is 17.3 Å². The number of rotatable bonds is 5. The maximum Gasteiger partial charge on any atom is 0.180 e. The minimum absolute atomic E-state index is 0.213. The third kappa shape index (κ3) is 3.64. The van der Waals surface area contributed by atoms with Crippen LogP contribution in [0.15, 0.2) is 18.3 Å². The van der Waals surface area contributed by atoms with Gasteiger partial charge >= 0.3 is 0 Å². The lowest BCUT2D eigenvalue weighted by Crippen LogP contribution is -2.27. The normalized spacial score (nSPS) is 13.7. The highest BCUT2D eigenvalue weighted by molar-refractivity contribution is 5.59. The summed E-state index contributed by atoms with van der Waals surface area (Å²) in [6, 6.07) is 3.59. The van der Waals surface area contributed by atoms with Gasteiger partial charge in [0.25, 0.3) is 0 Å². The number of anilines is 1. The average Bonchev–Trinajstić information content (AvgIpc) is 3.00. The number of hydrogen-bond acceptors (Lipinski definition) is 6. The molecule has 3 rings (SSSR count). The number of nitrogens with zero attached hydrogens (tertiary/aromatic N) is 4. The largest absolute Gasteiger partial charge is 0.490 e. The second-order valence-electron chi connectivity index (χ2n) is 7.02. The molecule has 24 heavy (non-hydrogen) atoms. The van der Waals surface area contributed by atoms with Crippen LogP contribution in [0, 0.1) is 0 Å². The molecule has 6 heteroatoms. The highest BCUT2D eigenvalue weighted by Gasteiger charge is 2.21. The van der Waals surface area contributed by atoms with Gasteiger partial charge < -0.3 is 14.7 Å². The molecule has 0 radical (unpaired) electrons. The third-order valence-corrected chi connectivity index (χ3v) is 3.89. The molecule has 0 fully saturated rings. The SMILES string of the molecule is CN(C)c1nc(-c2cc(OCC(C)(C)O)ccn2)nc2c1CCC2. The summed E-state index contributed by atoms with van der Waals surface area (Å²) in [4.78, 5) is 15.8. The number of aliphatic hydroxyl groups is 1. The molecule has 2 heterocycles. The molecule has 1 aliphatic rings. The van der Waals surface area contributed by atoms with Gasteiger partial charge in [-0.05, 0) is 39.2 Å². The van der Waals surface area contributed by atoms with Crippen molar-refractivity contribution in [3.63, 3.8) is 0 Å². The van der Waals surface area contributed by atoms with E-state index in [1.54, 1.807) is 26.1 Å². The predicted octanol–water partition coefficient (Wildman–Crippen LogP) is 2.24. The first-order chi connectivity index (χ1) is 11.3. The number of pyridine rings is 1. The molecule has 0 bridgehead atoms. The summed E-state index contributed by atoms with van der Waals surface area (Å²) < 4.78 is 5.65. The molecule has 0 spiro atoms. The number of ether oxygens (including phenoxy) is 1. The monoisotopic (exact) mass is 328 g/mol. The molecule has 0 amide bonds. The van der Waals surface area contributed by atoms with E-state index in [0.717, 1.165) is 30.8 Å². The molecule has 2 aromatic rings. The molecule has 1 aliphatic carbocycles. The summed E-state index contributed by atoms with van der Waals surface area (Å²) in [5.74, 6) is 2.24. The van der Waals surface area contributed by atoms with Crippen molar-refractivity contribution in [1.82, 2.24) is 15.0 Å². The Morgan fingerprint density at radius 1 is 1.25 bits per heavy atom. The summed E-state index contributed by atoms with van der Waals surface area (Å²) in [7, 11) is 4.00. The molecule has 0 saturated heterocycles. The fourth-order valence-electron chi connectivity index (χ4n) is 2.78. The fraction of sp³-hybridized carbons (Fsp3) is 0.500. The molecule has 0 unspecified atom stereocenters. The van der Waals surface area contributed by atoms with Gasteiger partial charge in [-0.25, -0.2) is 9.97 Å². The summed E-state index contributed by atoms with van der Waals surface area (Å²) >= 11 is 0. The second-order valence-corrected chi connectivity index (χ2v) is 7.02. The number of aryl methyl sites for hydroxylation is 1. The lowest BCUT2D eigenvalue weighted by Gasteiger charge is -2.18. The van der Waals surface area contributed by atoms with Gasteiger partial charge in [-0.2, -0.15) is 0 Å². The van der Waals surface area contributed by atoms with E-state index in [1.165, 1.54) is 5.56 Å². The Kier molecular flexibility index (Phi) is 4.41. The molecular weight excluding hydrogens is 304 g/mol. The van der Waals surface area contributed by atoms with Crippen molar-refractivity contribution in [2.45, 2.75) is 38.7 Å². The zero-order valence-corrected chi connectivity index (χ0v) is 14.7. The third-order valence-electron chi connectivity index (χ3n) is 3.89. The van der Waals surface area contributed by atoms with E-state index < -0.39 is 5.60 Å². The number of aromatic nitrogens is 3. The lowest BCUT2D eigenvalue weighted by atomic mass is 10.2. The second kappa shape index (κ2) is 6.36. The quantitative estimate of drug-likeness (QED) is 0.907. The van der Waals surface area contributed by atoms with Crippen LogP contribution in [0.3, 0.4) is 0 Å². The van der Waals surface area contributed by atoms with Crippen LogP contribution in [0.1, 0.15) is 31.5 Å². The average molecular weight is 328 g/mol. The standard InChI is InChI=1S/C18H24N4O2/c1-18(2,23)11-24-12-8-9-19-15(10-12)16-20-14-7-5-6-13(14)17(21-16)22(3)4/h8-10,23H,5-7,11H2,1-4H3. The van der Waals surface area contributed by atoms with Crippen molar-refractivity contribution >= 4 is 5.82 Å². The van der Waals surface area contributed by atoms with Crippen LogP contribution < -0.4 is 9.64 Å². The summed E-state index contributed by atoms with van der Waals surface area (Å²) in [6.45, 7) is 3.63. The van der Waals surface area contributed by atoms with Crippen LogP contribution in [-0.4, -0.2) is 46.4 Å². The number of hydrogen-bond donors (Lipinski definition) is 1. The summed E-state index contributed by atoms with van der Waals surface area (Å²) in [5.41, 5.74) is 2.17. The first-order valence-corrected chi connectivity index (χ1v) is 8.22. The van der Waals surface area contributed by atoms with Gasteiger partial charge in [0.1, 0.15) is 23.9 Å². The van der Waals surface area contributed by atoms with Crippen LogP contribution in [-0.2, 0) is 12.8 Å². The minimum Gasteiger partial charge on any atom is -0.490 e. The topological polar surface area (TPSA) is 71.4 Å². The van der Waals surface area contributed by atoms with Crippen LogP contribution >= 0.6 is 0 Å². The molecule has 2 aromatic heterocycles. The van der Waals surface area contributed by atoms with Gasteiger partial charge in [-0.15, -0.1) is 0 Å². The predicted molar refractivity (Wildman–Crippen MR) is 93.4 cm³/mol. The van der Waals surface area contributed by atoms with E-state index in [4.69, 9.17) is 14.7 Å². The minimum atomic E-state index is -0.883. The van der Waals surface area contributed by atoms with Gasteiger partial charge in [0, 0.05) is 37.6 Å². The lowest BCUT2D eigenvalue weighted by molar-refractivity contribution is 0.0285. The van der Waals surface area contributed by atoms with Crippen LogP contribution in [0.25, 0.3) is 11.5 Å². The molecule has 0 saturated carbocycles. The Morgan fingerprint density at radius 3 is 2.75 bits per heavy atom. The van der Waals surface area contributed by atoms with Gasteiger partial charge in [-0.1, -0.05) is 0 Å². The molecule has 6 nitrogen and oxygen atoms in total. The Balaban J connectivity index is 1.93. The van der Waals surface area contributed by atoms with Crippen molar-refractivity contribution in [3.05, 3.63) is 29.6 Å². The van der Waals surface area contributed by atoms with Crippen molar-refractivity contribution in [2.75, 3.05) is 25.6 Å². The van der Waals surface area contributed by atoms with Crippen LogP contribution in [0.2, 0.25) is 0 Å². The van der Waals surface area contributed by atoms with E-state index in [9.17, 15) is 5.11 Å². The Hall–Kier alpha value is -2.21. The zero-order chi connectivity index (χ0) is 17.3. The van der Waals surface area contributed by atoms with Gasteiger partial charge in [0.15, 0.2) is 5.82 Å². The van der Waals surface area contributed by atoms with Crippen LogP contribution in [0.5, 0.6) is 5.75 Å². The maximum atomic E-state index is 9.80. The van der Waals surface area contributed by atoms with Crippen LogP contribution in [0.4, 0.5) is 5.82 Å². The molecule has 128 valence electrons. The van der Waals surface area contributed by atoms with Gasteiger partial charge in [-0.3, -0.25) is 4.98 Å². The smallest absolute Gasteiger partial charge is 0.180 e. The molecule has 0 atom stereocenters. The first-order valence-electron chi connectivity index (χ1n) is 8.22. The Labute approximate surface area is 142 Å². The molecule has 0 aromatic carbocycles. The molecule has 1 N–H and O–H groups in total. The van der Waals surface area contributed by atoms with Crippen molar-refractivity contribution in [1.29, 1.82) is 0 Å². The Morgan fingerprint density at radius 2 is 2.04 bits per heavy atom. The van der Waals surface area contributed by atoms with Gasteiger partial charge in [0.05, 0.1) is 5.60 Å². The summed E-state index contributed by atoms with van der Waals surface area (Å²) in [6.07, 6.45) is 4.82. The fourth-order valence-corrected chi connectivity index (χ4v) is 2.78. The zero-order valence-electron chi connectivity index (χ0n) is 14.7. The molecule has 0 aliphatic heterocycles. The van der Waals surface area contributed by atoms with Crippen molar-refractivity contribution in [3.8, 4) is 17.3 Å². The van der Waals surface area contributed by atoms with E-state index >= 15 is 0 Å². The first kappa shape index (κ1) is 16.6. The Bertz CT molecular complexity index is 738. The van der Waals surface area contributed by atoms with Crippen molar-refractivity contribution < 1.29 is 9.84 Å². The highest BCUT2D eigenvalue weighted by Crippen LogP contribution is 2.30. The van der Waals surface area contributed by atoms with E-state index in [-0.39, 0.29) is 6.61 Å².